The fourth-order valence-electron chi connectivity index (χ4n) is 1.83. The monoisotopic (exact) mass is 223 g/mol. The molecule has 1 saturated heterocycles. The Hall–Kier alpha value is -1.01. The van der Waals surface area contributed by atoms with Crippen LogP contribution in [-0.4, -0.2) is 46.5 Å². The molecule has 5 heteroatoms. The van der Waals surface area contributed by atoms with Gasteiger partial charge in [-0.05, 0) is 12.1 Å². The molecule has 0 spiro atoms. The average Bonchev–Trinajstić information content (AvgIpc) is 2.62. The normalized spacial score (nSPS) is 29.5. The number of rotatable bonds is 4. The number of pyridine rings is 1. The van der Waals surface area contributed by atoms with Crippen LogP contribution in [0.2, 0.25) is 0 Å². The van der Waals surface area contributed by atoms with E-state index in [0.29, 0.717) is 19.6 Å². The number of hydrogen-bond acceptors (Lipinski definition) is 5. The van der Waals surface area contributed by atoms with E-state index in [-0.39, 0.29) is 6.04 Å². The van der Waals surface area contributed by atoms with Crippen LogP contribution in [0.25, 0.3) is 0 Å². The molecule has 0 radical (unpaired) electrons. The van der Waals surface area contributed by atoms with Crippen LogP contribution in [-0.2, 0) is 6.54 Å². The number of nitrogens with zero attached hydrogens (tertiary/aromatic N) is 1. The highest BCUT2D eigenvalue weighted by Gasteiger charge is 2.32. The average molecular weight is 223 g/mol. The fraction of sp³-hybridized carbons (Fsp3) is 0.545. The zero-order chi connectivity index (χ0) is 11.4. The van der Waals surface area contributed by atoms with Gasteiger partial charge < -0.3 is 20.8 Å². The molecule has 5 nitrogen and oxygen atoms in total. The van der Waals surface area contributed by atoms with Gasteiger partial charge in [-0.3, -0.25) is 4.98 Å². The minimum absolute atomic E-state index is 0.0845. The van der Waals surface area contributed by atoms with Crippen LogP contribution in [0, 0.1) is 0 Å². The maximum absolute atomic E-state index is 9.59. The molecule has 0 saturated carbocycles. The van der Waals surface area contributed by atoms with Crippen molar-refractivity contribution in [3.05, 3.63) is 30.1 Å². The van der Waals surface area contributed by atoms with Crippen molar-refractivity contribution in [3.63, 3.8) is 0 Å². The van der Waals surface area contributed by atoms with Gasteiger partial charge in [0, 0.05) is 31.9 Å². The molecule has 0 amide bonds. The first-order chi connectivity index (χ1) is 7.77. The summed E-state index contributed by atoms with van der Waals surface area (Å²) in [5, 5.41) is 25.2. The summed E-state index contributed by atoms with van der Waals surface area (Å²) in [7, 11) is 0. The molecule has 1 aliphatic rings. The quantitative estimate of drug-likeness (QED) is 0.519. The standard InChI is InChI=1S/C11H17N3O2/c15-10-7-14-9(11(10)16)6-12-5-8-3-1-2-4-13-8/h1-4,9-12,14-16H,5-7H2. The molecule has 16 heavy (non-hydrogen) atoms. The summed E-state index contributed by atoms with van der Waals surface area (Å²) >= 11 is 0. The van der Waals surface area contributed by atoms with E-state index < -0.39 is 12.2 Å². The Balaban J connectivity index is 1.73. The first-order valence-electron chi connectivity index (χ1n) is 5.47. The zero-order valence-electron chi connectivity index (χ0n) is 9.00. The maximum Gasteiger partial charge on any atom is 0.0976 e. The molecule has 0 bridgehead atoms. The van der Waals surface area contributed by atoms with Gasteiger partial charge in [0.15, 0.2) is 0 Å². The second-order valence-electron chi connectivity index (χ2n) is 4.02. The molecule has 4 N–H and O–H groups in total. The van der Waals surface area contributed by atoms with Gasteiger partial charge in [-0.2, -0.15) is 0 Å². The molecule has 1 fully saturated rings. The molecular formula is C11H17N3O2. The van der Waals surface area contributed by atoms with Gasteiger partial charge in [-0.25, -0.2) is 0 Å². The van der Waals surface area contributed by atoms with Crippen LogP contribution < -0.4 is 10.6 Å². The van der Waals surface area contributed by atoms with Gasteiger partial charge >= 0.3 is 0 Å². The lowest BCUT2D eigenvalue weighted by Crippen LogP contribution is -2.41. The number of nitrogens with one attached hydrogen (secondary N) is 2. The molecule has 0 aromatic carbocycles. The fourth-order valence-corrected chi connectivity index (χ4v) is 1.83. The summed E-state index contributed by atoms with van der Waals surface area (Å²) in [5.74, 6) is 0. The number of β-amino-alcohol motifs (C(OH)–C–C–N with tert-alkyl or cyclic N) is 1. The predicted octanol–water partition coefficient (Wildman–Crippen LogP) is -1.14. The Morgan fingerprint density at radius 2 is 2.31 bits per heavy atom. The molecular weight excluding hydrogens is 206 g/mol. The van der Waals surface area contributed by atoms with E-state index >= 15 is 0 Å². The third kappa shape index (κ3) is 2.76. The van der Waals surface area contributed by atoms with Crippen molar-refractivity contribution in [1.82, 2.24) is 15.6 Å². The lowest BCUT2D eigenvalue weighted by atomic mass is 10.1. The number of aliphatic hydroxyl groups is 2. The van der Waals surface area contributed by atoms with Gasteiger partial charge in [0.2, 0.25) is 0 Å². The second kappa shape index (κ2) is 5.36. The molecule has 2 rings (SSSR count). The largest absolute Gasteiger partial charge is 0.389 e. The van der Waals surface area contributed by atoms with E-state index in [1.54, 1.807) is 6.20 Å². The van der Waals surface area contributed by atoms with Gasteiger partial charge in [-0.1, -0.05) is 6.07 Å². The van der Waals surface area contributed by atoms with E-state index in [9.17, 15) is 10.2 Å². The third-order valence-electron chi connectivity index (χ3n) is 2.79. The maximum atomic E-state index is 9.59. The lowest BCUT2D eigenvalue weighted by molar-refractivity contribution is 0.0407. The van der Waals surface area contributed by atoms with E-state index in [4.69, 9.17) is 0 Å². The van der Waals surface area contributed by atoms with E-state index in [1.165, 1.54) is 0 Å². The highest BCUT2D eigenvalue weighted by atomic mass is 16.3. The highest BCUT2D eigenvalue weighted by Crippen LogP contribution is 2.06. The third-order valence-corrected chi connectivity index (χ3v) is 2.79. The first-order valence-corrected chi connectivity index (χ1v) is 5.47. The minimum Gasteiger partial charge on any atom is -0.389 e. The number of aromatic nitrogens is 1. The topological polar surface area (TPSA) is 77.4 Å². The van der Waals surface area contributed by atoms with Gasteiger partial charge in [0.1, 0.15) is 0 Å². The van der Waals surface area contributed by atoms with E-state index in [1.807, 2.05) is 18.2 Å². The smallest absolute Gasteiger partial charge is 0.0976 e. The Labute approximate surface area is 94.5 Å². The summed E-state index contributed by atoms with van der Waals surface area (Å²) in [6.07, 6.45) is 0.418. The molecule has 3 unspecified atom stereocenters. The van der Waals surface area contributed by atoms with Crippen molar-refractivity contribution < 1.29 is 10.2 Å². The van der Waals surface area contributed by atoms with Crippen molar-refractivity contribution in [3.8, 4) is 0 Å². The highest BCUT2D eigenvalue weighted by molar-refractivity contribution is 5.03. The van der Waals surface area contributed by atoms with Gasteiger partial charge in [0.05, 0.1) is 17.9 Å². The molecule has 2 heterocycles. The number of aliphatic hydroxyl groups excluding tert-OH is 2. The van der Waals surface area contributed by atoms with E-state index in [2.05, 4.69) is 15.6 Å². The molecule has 3 atom stereocenters. The summed E-state index contributed by atoms with van der Waals surface area (Å²) < 4.78 is 0. The predicted molar refractivity (Wildman–Crippen MR) is 59.7 cm³/mol. The Bertz CT molecular complexity index is 320. The second-order valence-corrected chi connectivity index (χ2v) is 4.02. The Kier molecular flexibility index (Phi) is 3.84. The van der Waals surface area contributed by atoms with Crippen molar-refractivity contribution in [2.75, 3.05) is 13.1 Å². The summed E-state index contributed by atoms with van der Waals surface area (Å²) in [5.41, 5.74) is 0.968. The van der Waals surface area contributed by atoms with E-state index in [0.717, 1.165) is 5.69 Å². The van der Waals surface area contributed by atoms with Gasteiger partial charge in [-0.15, -0.1) is 0 Å². The van der Waals surface area contributed by atoms with Crippen molar-refractivity contribution >= 4 is 0 Å². The van der Waals surface area contributed by atoms with Crippen molar-refractivity contribution in [2.24, 2.45) is 0 Å². The van der Waals surface area contributed by atoms with Gasteiger partial charge in [0.25, 0.3) is 0 Å². The Morgan fingerprint density at radius 3 is 2.94 bits per heavy atom. The molecule has 0 aliphatic carbocycles. The minimum atomic E-state index is -0.684. The zero-order valence-corrected chi connectivity index (χ0v) is 9.00. The number of hydrogen-bond donors (Lipinski definition) is 4. The van der Waals surface area contributed by atoms with Crippen molar-refractivity contribution in [2.45, 2.75) is 24.8 Å². The summed E-state index contributed by atoms with van der Waals surface area (Å²) in [6.45, 7) is 1.74. The van der Waals surface area contributed by atoms with Crippen LogP contribution in [0.4, 0.5) is 0 Å². The lowest BCUT2D eigenvalue weighted by Gasteiger charge is -2.16. The van der Waals surface area contributed by atoms with Crippen molar-refractivity contribution in [1.29, 1.82) is 0 Å². The van der Waals surface area contributed by atoms with Crippen LogP contribution >= 0.6 is 0 Å². The molecule has 88 valence electrons. The van der Waals surface area contributed by atoms with Crippen LogP contribution in [0.1, 0.15) is 5.69 Å². The van der Waals surface area contributed by atoms with Crippen LogP contribution in [0.15, 0.2) is 24.4 Å². The van der Waals surface area contributed by atoms with Crippen LogP contribution in [0.5, 0.6) is 0 Å². The Morgan fingerprint density at radius 1 is 1.44 bits per heavy atom. The van der Waals surface area contributed by atoms with Crippen LogP contribution in [0.3, 0.4) is 0 Å². The SMILES string of the molecule is OC1CNC(CNCc2ccccn2)C1O. The molecule has 1 aromatic heterocycles. The molecule has 1 aliphatic heterocycles. The summed E-state index contributed by atoms with van der Waals surface area (Å²) in [6, 6.07) is 5.68. The first kappa shape index (κ1) is 11.5. The molecule has 1 aromatic rings. The summed E-state index contributed by atoms with van der Waals surface area (Å²) in [4.78, 5) is 4.18.